The van der Waals surface area contributed by atoms with Crippen LogP contribution in [0.4, 0.5) is 0 Å². The number of hydrogen-bond donors (Lipinski definition) is 0. The maximum Gasteiger partial charge on any atom is 0.133 e. The summed E-state index contributed by atoms with van der Waals surface area (Å²) in [6.45, 7) is 0. The molecule has 0 aliphatic carbocycles. The summed E-state index contributed by atoms with van der Waals surface area (Å²) >= 11 is 0. The average molecular weight is 171 g/mol. The van der Waals surface area contributed by atoms with E-state index in [1.165, 1.54) is 6.33 Å². The van der Waals surface area contributed by atoms with E-state index in [9.17, 15) is 0 Å². The smallest absolute Gasteiger partial charge is 0.133 e. The summed E-state index contributed by atoms with van der Waals surface area (Å²) in [5.74, 6) is 0. The normalized spacial score (nSPS) is 11.1. The van der Waals surface area contributed by atoms with Crippen molar-refractivity contribution in [3.63, 3.8) is 0 Å². The van der Waals surface area contributed by atoms with Crippen LogP contribution in [-0.2, 0) is 0 Å². The first kappa shape index (κ1) is 6.54. The first-order valence-electron chi connectivity index (χ1n) is 3.88. The molecule has 0 bridgehead atoms. The van der Waals surface area contributed by atoms with Crippen molar-refractivity contribution in [1.29, 1.82) is 0 Å². The van der Waals surface area contributed by atoms with Crippen molar-refractivity contribution in [1.82, 2.24) is 15.1 Å². The SMILES string of the molecule is c1ncc2ccc3nocc3c2n1. The summed E-state index contributed by atoms with van der Waals surface area (Å²) in [5.41, 5.74) is 1.71. The molecule has 0 N–H and O–H groups in total. The van der Waals surface area contributed by atoms with Crippen LogP contribution >= 0.6 is 0 Å². The molecule has 0 aliphatic heterocycles. The second-order valence-corrected chi connectivity index (χ2v) is 2.77. The molecule has 0 aliphatic rings. The average Bonchev–Trinajstić information content (AvgIpc) is 2.65. The highest BCUT2D eigenvalue weighted by molar-refractivity contribution is 6.02. The molecule has 1 aromatic carbocycles. The summed E-state index contributed by atoms with van der Waals surface area (Å²) in [5, 5.41) is 5.76. The Hall–Kier alpha value is -1.97. The van der Waals surface area contributed by atoms with Crippen molar-refractivity contribution in [3.05, 3.63) is 30.9 Å². The van der Waals surface area contributed by atoms with E-state index in [2.05, 4.69) is 15.1 Å². The van der Waals surface area contributed by atoms with Gasteiger partial charge in [0.15, 0.2) is 0 Å². The fourth-order valence-corrected chi connectivity index (χ4v) is 1.40. The first-order valence-corrected chi connectivity index (χ1v) is 3.88. The van der Waals surface area contributed by atoms with E-state index in [1.807, 2.05) is 12.1 Å². The van der Waals surface area contributed by atoms with Crippen molar-refractivity contribution < 1.29 is 4.52 Å². The Morgan fingerprint density at radius 2 is 2.23 bits per heavy atom. The van der Waals surface area contributed by atoms with Gasteiger partial charge >= 0.3 is 0 Å². The van der Waals surface area contributed by atoms with Crippen LogP contribution in [0.3, 0.4) is 0 Å². The topological polar surface area (TPSA) is 51.8 Å². The molecule has 0 saturated carbocycles. The number of fused-ring (bicyclic) bond motifs is 3. The quantitative estimate of drug-likeness (QED) is 0.517. The summed E-state index contributed by atoms with van der Waals surface area (Å²) in [7, 11) is 0. The molecule has 0 unspecified atom stereocenters. The maximum atomic E-state index is 4.86. The third-order valence-corrected chi connectivity index (χ3v) is 2.01. The van der Waals surface area contributed by atoms with Gasteiger partial charge in [-0.15, -0.1) is 0 Å². The van der Waals surface area contributed by atoms with Crippen LogP contribution in [0, 0.1) is 0 Å². The maximum absolute atomic E-state index is 4.86. The van der Waals surface area contributed by atoms with Gasteiger partial charge in [0, 0.05) is 11.6 Å². The Kier molecular flexibility index (Phi) is 1.14. The Morgan fingerprint density at radius 3 is 3.23 bits per heavy atom. The molecule has 0 amide bonds. The van der Waals surface area contributed by atoms with E-state index in [-0.39, 0.29) is 0 Å². The van der Waals surface area contributed by atoms with E-state index in [0.29, 0.717) is 0 Å². The predicted molar refractivity (Wildman–Crippen MR) is 47.1 cm³/mol. The van der Waals surface area contributed by atoms with Gasteiger partial charge in [-0.05, 0) is 12.1 Å². The highest BCUT2D eigenvalue weighted by Gasteiger charge is 2.03. The minimum absolute atomic E-state index is 0.825. The lowest BCUT2D eigenvalue weighted by Crippen LogP contribution is -1.80. The van der Waals surface area contributed by atoms with E-state index in [4.69, 9.17) is 4.52 Å². The molecule has 0 fully saturated rings. The van der Waals surface area contributed by atoms with Crippen molar-refractivity contribution in [2.75, 3.05) is 0 Å². The lowest BCUT2D eigenvalue weighted by molar-refractivity contribution is 0.428. The Balaban J connectivity index is 2.65. The molecule has 2 aromatic heterocycles. The van der Waals surface area contributed by atoms with Gasteiger partial charge < -0.3 is 4.52 Å². The van der Waals surface area contributed by atoms with Crippen LogP contribution in [0.25, 0.3) is 21.8 Å². The number of benzene rings is 1. The molecule has 62 valence electrons. The Labute approximate surface area is 73.2 Å². The molecule has 4 nitrogen and oxygen atoms in total. The zero-order valence-corrected chi connectivity index (χ0v) is 6.64. The molecule has 0 spiro atoms. The first-order chi connectivity index (χ1) is 6.45. The van der Waals surface area contributed by atoms with Gasteiger partial charge in [-0.25, -0.2) is 9.97 Å². The zero-order valence-electron chi connectivity index (χ0n) is 6.64. The van der Waals surface area contributed by atoms with Gasteiger partial charge in [0.1, 0.15) is 18.1 Å². The second kappa shape index (κ2) is 2.26. The fourth-order valence-electron chi connectivity index (χ4n) is 1.40. The van der Waals surface area contributed by atoms with Gasteiger partial charge in [-0.1, -0.05) is 5.16 Å². The third kappa shape index (κ3) is 0.823. The standard InChI is InChI=1S/C9H5N3O/c1-2-8-7(4-13-12-8)9-6(1)3-10-5-11-9/h1-5H. The molecule has 0 radical (unpaired) electrons. The van der Waals surface area contributed by atoms with Gasteiger partial charge in [-0.3, -0.25) is 0 Å². The summed E-state index contributed by atoms with van der Waals surface area (Å²) in [6.07, 6.45) is 4.90. The molecule has 0 saturated heterocycles. The molecular weight excluding hydrogens is 166 g/mol. The Bertz CT molecular complexity index is 573. The molecule has 3 aromatic rings. The van der Waals surface area contributed by atoms with Gasteiger partial charge in [0.05, 0.1) is 10.9 Å². The molecule has 13 heavy (non-hydrogen) atoms. The molecular formula is C9H5N3O. The van der Waals surface area contributed by atoms with Crippen molar-refractivity contribution in [2.24, 2.45) is 0 Å². The van der Waals surface area contributed by atoms with Gasteiger partial charge in [0.2, 0.25) is 0 Å². The van der Waals surface area contributed by atoms with E-state index in [1.54, 1.807) is 12.5 Å². The van der Waals surface area contributed by atoms with E-state index in [0.717, 1.165) is 21.8 Å². The minimum Gasteiger partial charge on any atom is -0.363 e. The monoisotopic (exact) mass is 171 g/mol. The minimum atomic E-state index is 0.825. The molecule has 0 atom stereocenters. The van der Waals surface area contributed by atoms with Crippen LogP contribution in [0.5, 0.6) is 0 Å². The van der Waals surface area contributed by atoms with Crippen LogP contribution in [0.2, 0.25) is 0 Å². The summed E-state index contributed by atoms with van der Waals surface area (Å²) in [6, 6.07) is 3.82. The molecule has 4 heteroatoms. The number of rotatable bonds is 0. The lowest BCUT2D eigenvalue weighted by Gasteiger charge is -1.93. The molecule has 3 rings (SSSR count). The lowest BCUT2D eigenvalue weighted by atomic mass is 10.2. The predicted octanol–water partition coefficient (Wildman–Crippen LogP) is 1.77. The van der Waals surface area contributed by atoms with Gasteiger partial charge in [0.25, 0.3) is 0 Å². The van der Waals surface area contributed by atoms with Crippen molar-refractivity contribution in [3.8, 4) is 0 Å². The molecule has 2 heterocycles. The number of aromatic nitrogens is 3. The van der Waals surface area contributed by atoms with Crippen molar-refractivity contribution in [2.45, 2.75) is 0 Å². The summed E-state index contributed by atoms with van der Waals surface area (Å²) in [4.78, 5) is 8.11. The summed E-state index contributed by atoms with van der Waals surface area (Å²) < 4.78 is 4.86. The zero-order chi connectivity index (χ0) is 8.67. The van der Waals surface area contributed by atoms with E-state index < -0.39 is 0 Å². The van der Waals surface area contributed by atoms with Crippen molar-refractivity contribution >= 4 is 21.8 Å². The largest absolute Gasteiger partial charge is 0.363 e. The highest BCUT2D eigenvalue weighted by atomic mass is 16.5. The third-order valence-electron chi connectivity index (χ3n) is 2.01. The number of nitrogens with zero attached hydrogens (tertiary/aromatic N) is 3. The second-order valence-electron chi connectivity index (χ2n) is 2.77. The van der Waals surface area contributed by atoms with Crippen LogP contribution < -0.4 is 0 Å². The van der Waals surface area contributed by atoms with Crippen LogP contribution in [-0.4, -0.2) is 15.1 Å². The highest BCUT2D eigenvalue weighted by Crippen LogP contribution is 2.21. The Morgan fingerprint density at radius 1 is 1.23 bits per heavy atom. The van der Waals surface area contributed by atoms with Crippen LogP contribution in [0.15, 0.2) is 35.4 Å². The van der Waals surface area contributed by atoms with Crippen LogP contribution in [0.1, 0.15) is 0 Å². The number of hydrogen-bond acceptors (Lipinski definition) is 4. The fraction of sp³-hybridized carbons (Fsp3) is 0. The van der Waals surface area contributed by atoms with Gasteiger partial charge in [-0.2, -0.15) is 0 Å². The van der Waals surface area contributed by atoms with E-state index >= 15 is 0 Å².